The summed E-state index contributed by atoms with van der Waals surface area (Å²) in [7, 11) is 0. The molecular formula is C10H17ClO2. The molecule has 0 fully saturated rings. The average Bonchev–Trinajstić information content (AvgIpc) is 2.10. The minimum Gasteiger partial charge on any atom is -0.478 e. The minimum atomic E-state index is -0.874. The van der Waals surface area contributed by atoms with Gasteiger partial charge >= 0.3 is 5.97 Å². The molecule has 0 saturated heterocycles. The van der Waals surface area contributed by atoms with E-state index in [1.165, 1.54) is 0 Å². The topological polar surface area (TPSA) is 37.3 Å². The number of rotatable bonds is 8. The van der Waals surface area contributed by atoms with Crippen molar-refractivity contribution in [2.75, 3.05) is 5.88 Å². The first-order chi connectivity index (χ1) is 6.18. The van der Waals surface area contributed by atoms with E-state index in [0.29, 0.717) is 12.0 Å². The highest BCUT2D eigenvalue weighted by Crippen LogP contribution is 2.09. The third-order valence-corrected chi connectivity index (χ3v) is 2.18. The van der Waals surface area contributed by atoms with Gasteiger partial charge in [-0.25, -0.2) is 4.79 Å². The van der Waals surface area contributed by atoms with Gasteiger partial charge < -0.3 is 5.11 Å². The Morgan fingerprint density at radius 2 is 1.69 bits per heavy atom. The number of hydrogen-bond donors (Lipinski definition) is 1. The molecule has 0 aromatic carbocycles. The standard InChI is InChI=1S/C10H17ClO2/c1-9(10(12)13)7-5-3-2-4-6-8-11/h1-8H2,(H,12,13). The maximum atomic E-state index is 10.3. The van der Waals surface area contributed by atoms with Crippen molar-refractivity contribution >= 4 is 17.6 Å². The van der Waals surface area contributed by atoms with E-state index in [0.717, 1.165) is 38.0 Å². The smallest absolute Gasteiger partial charge is 0.330 e. The van der Waals surface area contributed by atoms with Crippen LogP contribution in [0.3, 0.4) is 0 Å². The predicted octanol–water partition coefficient (Wildman–Crippen LogP) is 3.21. The van der Waals surface area contributed by atoms with Crippen LogP contribution in [-0.4, -0.2) is 17.0 Å². The quantitative estimate of drug-likeness (QED) is 0.375. The number of carboxylic acids is 1. The highest BCUT2D eigenvalue weighted by atomic mass is 35.5. The fourth-order valence-corrected chi connectivity index (χ4v) is 1.26. The highest BCUT2D eigenvalue weighted by molar-refractivity contribution is 6.17. The van der Waals surface area contributed by atoms with E-state index in [9.17, 15) is 4.79 Å². The number of aliphatic carboxylic acids is 1. The maximum Gasteiger partial charge on any atom is 0.330 e. The van der Waals surface area contributed by atoms with E-state index in [1.54, 1.807) is 0 Å². The summed E-state index contributed by atoms with van der Waals surface area (Å²) in [5.41, 5.74) is 0.317. The first-order valence-corrected chi connectivity index (χ1v) is 5.19. The van der Waals surface area contributed by atoms with E-state index in [2.05, 4.69) is 6.58 Å². The molecule has 0 bridgehead atoms. The Kier molecular flexibility index (Phi) is 7.80. The Balaban J connectivity index is 3.16. The van der Waals surface area contributed by atoms with Gasteiger partial charge in [-0.05, 0) is 19.3 Å². The van der Waals surface area contributed by atoms with Crippen LogP contribution in [-0.2, 0) is 4.79 Å². The van der Waals surface area contributed by atoms with Crippen LogP contribution in [0.15, 0.2) is 12.2 Å². The summed E-state index contributed by atoms with van der Waals surface area (Å²) in [5, 5.41) is 8.51. The Bertz CT molecular complexity index is 166. The lowest BCUT2D eigenvalue weighted by atomic mass is 10.1. The van der Waals surface area contributed by atoms with Gasteiger partial charge in [0.15, 0.2) is 0 Å². The molecule has 0 amide bonds. The summed E-state index contributed by atoms with van der Waals surface area (Å²) in [5.74, 6) is -0.150. The van der Waals surface area contributed by atoms with Crippen LogP contribution in [0.2, 0.25) is 0 Å². The molecule has 0 aliphatic heterocycles. The number of unbranched alkanes of at least 4 members (excludes halogenated alkanes) is 4. The van der Waals surface area contributed by atoms with Crippen LogP contribution in [0.1, 0.15) is 38.5 Å². The van der Waals surface area contributed by atoms with Crippen LogP contribution >= 0.6 is 11.6 Å². The molecule has 0 spiro atoms. The predicted molar refractivity (Wildman–Crippen MR) is 55.2 cm³/mol. The van der Waals surface area contributed by atoms with Crippen LogP contribution in [0.4, 0.5) is 0 Å². The third-order valence-electron chi connectivity index (χ3n) is 1.91. The lowest BCUT2D eigenvalue weighted by molar-refractivity contribution is -0.132. The monoisotopic (exact) mass is 204 g/mol. The Labute approximate surface area is 84.6 Å². The third kappa shape index (κ3) is 7.85. The highest BCUT2D eigenvalue weighted by Gasteiger charge is 2.02. The number of halogens is 1. The van der Waals surface area contributed by atoms with Gasteiger partial charge in [-0.1, -0.05) is 25.8 Å². The van der Waals surface area contributed by atoms with Gasteiger partial charge in [0.25, 0.3) is 0 Å². The second-order valence-corrected chi connectivity index (χ2v) is 3.49. The molecule has 1 N–H and O–H groups in total. The minimum absolute atomic E-state index is 0.317. The molecule has 0 aromatic heterocycles. The first-order valence-electron chi connectivity index (χ1n) is 4.65. The van der Waals surface area contributed by atoms with Gasteiger partial charge in [-0.3, -0.25) is 0 Å². The van der Waals surface area contributed by atoms with Crippen LogP contribution in [0, 0.1) is 0 Å². The lowest BCUT2D eigenvalue weighted by Crippen LogP contribution is -1.98. The van der Waals surface area contributed by atoms with Crippen molar-refractivity contribution in [2.45, 2.75) is 38.5 Å². The van der Waals surface area contributed by atoms with Crippen molar-refractivity contribution in [3.05, 3.63) is 12.2 Å². The number of carboxylic acid groups (broad SMARTS) is 1. The zero-order chi connectivity index (χ0) is 10.1. The van der Waals surface area contributed by atoms with Crippen molar-refractivity contribution in [3.63, 3.8) is 0 Å². The van der Waals surface area contributed by atoms with Crippen LogP contribution < -0.4 is 0 Å². The molecule has 0 atom stereocenters. The van der Waals surface area contributed by atoms with Crippen molar-refractivity contribution in [3.8, 4) is 0 Å². The van der Waals surface area contributed by atoms with E-state index in [4.69, 9.17) is 16.7 Å². The molecule has 0 aliphatic carbocycles. The van der Waals surface area contributed by atoms with E-state index < -0.39 is 5.97 Å². The molecule has 3 heteroatoms. The van der Waals surface area contributed by atoms with E-state index >= 15 is 0 Å². The molecule has 0 saturated carbocycles. The van der Waals surface area contributed by atoms with Crippen LogP contribution in [0.5, 0.6) is 0 Å². The number of hydrogen-bond acceptors (Lipinski definition) is 1. The average molecular weight is 205 g/mol. The molecular weight excluding hydrogens is 188 g/mol. The first kappa shape index (κ1) is 12.5. The second-order valence-electron chi connectivity index (χ2n) is 3.12. The fraction of sp³-hybridized carbons (Fsp3) is 0.700. The summed E-state index contributed by atoms with van der Waals surface area (Å²) in [4.78, 5) is 10.3. The van der Waals surface area contributed by atoms with E-state index in [-0.39, 0.29) is 0 Å². The van der Waals surface area contributed by atoms with Crippen molar-refractivity contribution in [1.82, 2.24) is 0 Å². The molecule has 76 valence electrons. The Morgan fingerprint density at radius 1 is 1.15 bits per heavy atom. The molecule has 0 heterocycles. The number of carbonyl (C=O) groups is 1. The van der Waals surface area contributed by atoms with Gasteiger partial charge in [0.2, 0.25) is 0 Å². The second kappa shape index (κ2) is 8.11. The largest absolute Gasteiger partial charge is 0.478 e. The van der Waals surface area contributed by atoms with Gasteiger partial charge in [0, 0.05) is 11.5 Å². The summed E-state index contributed by atoms with van der Waals surface area (Å²) < 4.78 is 0. The zero-order valence-corrected chi connectivity index (χ0v) is 8.65. The summed E-state index contributed by atoms with van der Waals surface area (Å²) in [6.07, 6.45) is 5.94. The summed E-state index contributed by atoms with van der Waals surface area (Å²) in [6.45, 7) is 3.47. The van der Waals surface area contributed by atoms with Crippen molar-refractivity contribution in [2.24, 2.45) is 0 Å². The molecule has 13 heavy (non-hydrogen) atoms. The van der Waals surface area contributed by atoms with Gasteiger partial charge in [-0.2, -0.15) is 0 Å². The lowest BCUT2D eigenvalue weighted by Gasteiger charge is -2.00. The molecule has 0 unspecified atom stereocenters. The molecule has 0 radical (unpaired) electrons. The maximum absolute atomic E-state index is 10.3. The zero-order valence-electron chi connectivity index (χ0n) is 7.89. The SMILES string of the molecule is C=C(CCCCCCCCl)C(=O)O. The normalized spacial score (nSPS) is 9.92. The van der Waals surface area contributed by atoms with Crippen molar-refractivity contribution < 1.29 is 9.90 Å². The Morgan fingerprint density at radius 3 is 2.23 bits per heavy atom. The van der Waals surface area contributed by atoms with Gasteiger partial charge in [0.1, 0.15) is 0 Å². The van der Waals surface area contributed by atoms with Gasteiger partial charge in [-0.15, -0.1) is 11.6 Å². The van der Waals surface area contributed by atoms with Crippen LogP contribution in [0.25, 0.3) is 0 Å². The molecule has 0 rings (SSSR count). The summed E-state index contributed by atoms with van der Waals surface area (Å²) in [6, 6.07) is 0. The molecule has 0 aliphatic rings. The Hall–Kier alpha value is -0.500. The van der Waals surface area contributed by atoms with Crippen molar-refractivity contribution in [1.29, 1.82) is 0 Å². The molecule has 0 aromatic rings. The number of alkyl halides is 1. The fourth-order valence-electron chi connectivity index (χ4n) is 1.07. The summed E-state index contributed by atoms with van der Waals surface area (Å²) >= 11 is 5.51. The molecule has 2 nitrogen and oxygen atoms in total. The van der Waals surface area contributed by atoms with E-state index in [1.807, 2.05) is 0 Å². The van der Waals surface area contributed by atoms with Gasteiger partial charge in [0.05, 0.1) is 0 Å².